The molecule has 0 spiro atoms. The van der Waals surface area contributed by atoms with Crippen LogP contribution in [0.4, 0.5) is 13.2 Å². The molecule has 0 fully saturated rings. The molecule has 0 atom stereocenters. The van der Waals surface area contributed by atoms with Crippen LogP contribution in [0.5, 0.6) is 0 Å². The van der Waals surface area contributed by atoms with Crippen molar-refractivity contribution < 1.29 is 13.2 Å². The van der Waals surface area contributed by atoms with Gasteiger partial charge in [-0.15, -0.1) is 0 Å². The van der Waals surface area contributed by atoms with Gasteiger partial charge >= 0.3 is 6.18 Å². The minimum Gasteiger partial charge on any atom is -0.307 e. The number of aryl methyl sites for hydroxylation is 2. The summed E-state index contributed by atoms with van der Waals surface area (Å²) in [6.45, 7) is 4.04. The maximum atomic E-state index is 15.5. The summed E-state index contributed by atoms with van der Waals surface area (Å²) >= 11 is 0. The topological polar surface area (TPSA) is 22.8 Å². The maximum Gasteiger partial charge on any atom is 0.417 e. The summed E-state index contributed by atoms with van der Waals surface area (Å²) in [5, 5.41) is 4.00. The van der Waals surface area contributed by atoms with E-state index in [1.807, 2.05) is 103 Å². The Balaban J connectivity index is 1.47. The summed E-state index contributed by atoms with van der Waals surface area (Å²) in [6, 6.07) is 46.3. The Hall–Kier alpha value is -6.14. The van der Waals surface area contributed by atoms with Crippen LogP contribution in [0.2, 0.25) is 0 Å². The molecule has 9 aromatic rings. The van der Waals surface area contributed by atoms with Gasteiger partial charge in [0.2, 0.25) is 0 Å². The number of rotatable bonds is 4. The Bertz CT molecular complexity index is 2770. The van der Waals surface area contributed by atoms with Gasteiger partial charge in [-0.25, -0.2) is 4.98 Å². The Morgan fingerprint density at radius 2 is 0.960 bits per heavy atom. The van der Waals surface area contributed by atoms with E-state index in [2.05, 4.69) is 41.0 Å². The number of aromatic nitrogens is 3. The van der Waals surface area contributed by atoms with Gasteiger partial charge in [-0.2, -0.15) is 13.2 Å². The number of nitrogens with zero attached hydrogens (tertiary/aromatic N) is 3. The highest BCUT2D eigenvalue weighted by molar-refractivity contribution is 6.12. The first-order valence-electron chi connectivity index (χ1n) is 16.5. The number of para-hydroxylation sites is 2. The molecule has 0 saturated carbocycles. The van der Waals surface area contributed by atoms with E-state index in [0.29, 0.717) is 17.1 Å². The number of pyridine rings is 1. The standard InChI is InChI=1S/C44H30F3N3/c1-27-19-21-32-30-13-6-8-17-38(30)49(40(32)23-27)42-25-34(37-16-10-15-36(48-37)29-11-4-3-5-12-29)35(44(45,46)47)26-43(42)50-39-18-9-7-14-31(39)33-22-20-28(2)24-41(33)50/h3-26H,1-2H3. The summed E-state index contributed by atoms with van der Waals surface area (Å²) < 4.78 is 50.5. The number of halogens is 3. The van der Waals surface area contributed by atoms with Crippen LogP contribution in [0, 0.1) is 13.8 Å². The monoisotopic (exact) mass is 657 g/mol. The highest BCUT2D eigenvalue weighted by atomic mass is 19.4. The number of hydrogen-bond acceptors (Lipinski definition) is 1. The molecule has 0 unspecified atom stereocenters. The molecule has 0 N–H and O–H groups in total. The smallest absolute Gasteiger partial charge is 0.307 e. The number of fused-ring (bicyclic) bond motifs is 6. The van der Waals surface area contributed by atoms with E-state index >= 15 is 13.2 Å². The first-order valence-corrected chi connectivity index (χ1v) is 16.5. The van der Waals surface area contributed by atoms with E-state index in [4.69, 9.17) is 4.98 Å². The Morgan fingerprint density at radius 3 is 1.54 bits per heavy atom. The van der Waals surface area contributed by atoms with Crippen LogP contribution < -0.4 is 0 Å². The van der Waals surface area contributed by atoms with Crippen molar-refractivity contribution in [2.45, 2.75) is 20.0 Å². The predicted molar refractivity (Wildman–Crippen MR) is 198 cm³/mol. The minimum atomic E-state index is -4.67. The lowest BCUT2D eigenvalue weighted by Crippen LogP contribution is -2.12. The number of alkyl halides is 3. The van der Waals surface area contributed by atoms with Crippen molar-refractivity contribution in [1.82, 2.24) is 14.1 Å². The SMILES string of the molecule is Cc1ccc2c3ccccc3n(-c3cc(-c4cccc(-c5ccccc5)n4)c(C(F)(F)F)cc3-n3c4ccccc4c4ccc(C)cc43)c2c1. The fraction of sp³-hybridized carbons (Fsp3) is 0.0682. The summed E-state index contributed by atoms with van der Waals surface area (Å²) in [4.78, 5) is 4.84. The molecule has 0 aliphatic carbocycles. The van der Waals surface area contributed by atoms with Crippen molar-refractivity contribution in [3.63, 3.8) is 0 Å². The van der Waals surface area contributed by atoms with Crippen molar-refractivity contribution in [3.8, 4) is 33.9 Å². The third-order valence-electron chi connectivity index (χ3n) is 9.66. The van der Waals surface area contributed by atoms with Crippen LogP contribution >= 0.6 is 0 Å². The molecule has 50 heavy (non-hydrogen) atoms. The summed E-state index contributed by atoms with van der Waals surface area (Å²) in [6.07, 6.45) is -4.67. The molecular formula is C44H30F3N3. The Labute approximate surface area is 286 Å². The first kappa shape index (κ1) is 30.0. The van der Waals surface area contributed by atoms with Gasteiger partial charge in [0.15, 0.2) is 0 Å². The van der Waals surface area contributed by atoms with Crippen LogP contribution in [0.3, 0.4) is 0 Å². The predicted octanol–water partition coefficient (Wildman–Crippen LogP) is 12.2. The van der Waals surface area contributed by atoms with Crippen LogP contribution in [0.25, 0.3) is 77.5 Å². The summed E-state index contributed by atoms with van der Waals surface area (Å²) in [7, 11) is 0. The Morgan fingerprint density at radius 1 is 0.460 bits per heavy atom. The lowest BCUT2D eigenvalue weighted by atomic mass is 9.99. The first-order chi connectivity index (χ1) is 24.3. The fourth-order valence-corrected chi connectivity index (χ4v) is 7.42. The second-order valence-corrected chi connectivity index (χ2v) is 12.9. The molecule has 3 aromatic heterocycles. The zero-order chi connectivity index (χ0) is 34.1. The number of hydrogen-bond donors (Lipinski definition) is 0. The molecule has 3 nitrogen and oxygen atoms in total. The van der Waals surface area contributed by atoms with E-state index in [-0.39, 0.29) is 11.3 Å². The third-order valence-corrected chi connectivity index (χ3v) is 9.66. The molecule has 0 amide bonds. The largest absolute Gasteiger partial charge is 0.417 e. The van der Waals surface area contributed by atoms with E-state index in [0.717, 1.165) is 60.3 Å². The van der Waals surface area contributed by atoms with Gasteiger partial charge in [0.25, 0.3) is 0 Å². The van der Waals surface area contributed by atoms with Crippen molar-refractivity contribution in [1.29, 1.82) is 0 Å². The molecule has 6 heteroatoms. The van der Waals surface area contributed by atoms with Gasteiger partial charge in [-0.1, -0.05) is 97.1 Å². The average molecular weight is 658 g/mol. The molecule has 242 valence electrons. The van der Waals surface area contributed by atoms with E-state index in [1.54, 1.807) is 18.2 Å². The van der Waals surface area contributed by atoms with Crippen LogP contribution in [-0.2, 0) is 6.18 Å². The molecule has 6 aromatic carbocycles. The van der Waals surface area contributed by atoms with Crippen molar-refractivity contribution >= 4 is 43.6 Å². The summed E-state index contributed by atoms with van der Waals surface area (Å²) in [5.41, 5.74) is 7.59. The molecule has 9 rings (SSSR count). The maximum absolute atomic E-state index is 15.5. The highest BCUT2D eigenvalue weighted by Crippen LogP contribution is 2.45. The van der Waals surface area contributed by atoms with E-state index in [9.17, 15) is 0 Å². The number of benzene rings is 6. The molecule has 0 radical (unpaired) electrons. The van der Waals surface area contributed by atoms with Gasteiger partial charge < -0.3 is 9.13 Å². The zero-order valence-corrected chi connectivity index (χ0v) is 27.3. The molecule has 0 aliphatic heterocycles. The van der Waals surface area contributed by atoms with Crippen molar-refractivity contribution in [2.75, 3.05) is 0 Å². The van der Waals surface area contributed by atoms with E-state index < -0.39 is 11.7 Å². The average Bonchev–Trinajstić information content (AvgIpc) is 3.62. The quantitative estimate of drug-likeness (QED) is 0.185. The third kappa shape index (κ3) is 4.71. The van der Waals surface area contributed by atoms with E-state index in [1.165, 1.54) is 6.07 Å². The molecule has 3 heterocycles. The van der Waals surface area contributed by atoms with Gasteiger partial charge in [-0.3, -0.25) is 0 Å². The molecule has 0 bridgehead atoms. The second-order valence-electron chi connectivity index (χ2n) is 12.9. The van der Waals surface area contributed by atoms with Gasteiger partial charge in [-0.05, 0) is 73.5 Å². The van der Waals surface area contributed by atoms with Crippen LogP contribution in [-0.4, -0.2) is 14.1 Å². The van der Waals surface area contributed by atoms with Crippen LogP contribution in [0.1, 0.15) is 16.7 Å². The van der Waals surface area contributed by atoms with Gasteiger partial charge in [0, 0.05) is 32.7 Å². The van der Waals surface area contributed by atoms with Crippen LogP contribution in [0.15, 0.2) is 146 Å². The fourth-order valence-electron chi connectivity index (χ4n) is 7.42. The molecule has 0 aliphatic rings. The van der Waals surface area contributed by atoms with Crippen molar-refractivity contribution in [3.05, 3.63) is 162 Å². The lowest BCUT2D eigenvalue weighted by Gasteiger charge is -2.22. The second kappa shape index (κ2) is 11.2. The van der Waals surface area contributed by atoms with Gasteiger partial charge in [0.05, 0.1) is 50.4 Å². The van der Waals surface area contributed by atoms with Gasteiger partial charge in [0.1, 0.15) is 0 Å². The normalized spacial score (nSPS) is 12.1. The molecular weight excluding hydrogens is 627 g/mol. The summed E-state index contributed by atoms with van der Waals surface area (Å²) in [5.74, 6) is 0. The minimum absolute atomic E-state index is 0.0181. The Kier molecular flexibility index (Phi) is 6.71. The van der Waals surface area contributed by atoms with Crippen molar-refractivity contribution in [2.24, 2.45) is 0 Å². The zero-order valence-electron chi connectivity index (χ0n) is 27.3. The lowest BCUT2D eigenvalue weighted by molar-refractivity contribution is -0.137. The molecule has 0 saturated heterocycles. The highest BCUT2D eigenvalue weighted by Gasteiger charge is 2.36.